The van der Waals surface area contributed by atoms with Gasteiger partial charge in [-0.1, -0.05) is 18.2 Å². The summed E-state index contributed by atoms with van der Waals surface area (Å²) in [4.78, 5) is 2.18. The van der Waals surface area contributed by atoms with Crippen molar-refractivity contribution < 1.29 is 4.74 Å². The minimum atomic E-state index is 0.228. The maximum absolute atomic E-state index is 7.94. The maximum atomic E-state index is 7.94. The lowest BCUT2D eigenvalue weighted by atomic mass is 10.1. The normalized spacial score (nSPS) is 23.4. The summed E-state index contributed by atoms with van der Waals surface area (Å²) in [5.41, 5.74) is 1.31. The first-order valence-corrected chi connectivity index (χ1v) is 6.40. The number of benzene rings is 1. The lowest BCUT2D eigenvalue weighted by molar-refractivity contribution is 0.183. The van der Waals surface area contributed by atoms with Gasteiger partial charge in [0, 0.05) is 19.4 Å². The number of hydrogen-bond donors (Lipinski definition) is 1. The van der Waals surface area contributed by atoms with Crippen molar-refractivity contribution in [3.63, 3.8) is 0 Å². The largest absolute Gasteiger partial charge is 0.488 e. The van der Waals surface area contributed by atoms with Gasteiger partial charge in [0.25, 0.3) is 0 Å². The molecule has 1 aromatic carbocycles. The second-order valence-electron chi connectivity index (χ2n) is 4.90. The zero-order chi connectivity index (χ0) is 11.7. The van der Waals surface area contributed by atoms with E-state index in [0.29, 0.717) is 0 Å². The topological polar surface area (TPSA) is 36.3 Å². The van der Waals surface area contributed by atoms with E-state index in [2.05, 4.69) is 17.0 Å². The fourth-order valence-electron chi connectivity index (χ4n) is 2.69. The smallest absolute Gasteiger partial charge is 0.123 e. The summed E-state index contributed by atoms with van der Waals surface area (Å²) in [5.74, 6) is 1.82. The molecular weight excluding hydrogens is 212 g/mol. The number of rotatable bonds is 2. The Morgan fingerprint density at radius 1 is 1.29 bits per heavy atom. The molecule has 1 N–H and O–H groups in total. The van der Waals surface area contributed by atoms with Crippen LogP contribution in [0.25, 0.3) is 0 Å². The van der Waals surface area contributed by atoms with Crippen LogP contribution in [0.1, 0.15) is 24.8 Å². The molecule has 17 heavy (non-hydrogen) atoms. The van der Waals surface area contributed by atoms with Gasteiger partial charge in [0.05, 0.1) is 12.4 Å². The van der Waals surface area contributed by atoms with Gasteiger partial charge in [-0.15, -0.1) is 0 Å². The van der Waals surface area contributed by atoms with E-state index in [0.717, 1.165) is 37.5 Å². The van der Waals surface area contributed by atoms with E-state index in [-0.39, 0.29) is 6.10 Å². The van der Waals surface area contributed by atoms with Gasteiger partial charge in [-0.3, -0.25) is 5.41 Å². The second-order valence-corrected chi connectivity index (χ2v) is 4.90. The second kappa shape index (κ2) is 4.40. The van der Waals surface area contributed by atoms with Crippen molar-refractivity contribution in [2.24, 2.45) is 0 Å². The third kappa shape index (κ3) is 2.14. The van der Waals surface area contributed by atoms with Crippen LogP contribution in [0, 0.1) is 5.41 Å². The third-order valence-corrected chi connectivity index (χ3v) is 3.61. The van der Waals surface area contributed by atoms with Crippen molar-refractivity contribution in [1.29, 1.82) is 5.41 Å². The quantitative estimate of drug-likeness (QED) is 0.847. The number of piperidine rings is 1. The van der Waals surface area contributed by atoms with Crippen LogP contribution in [0.3, 0.4) is 0 Å². The fourth-order valence-corrected chi connectivity index (χ4v) is 2.69. The van der Waals surface area contributed by atoms with Gasteiger partial charge >= 0.3 is 0 Å². The molecule has 1 unspecified atom stereocenters. The minimum absolute atomic E-state index is 0.228. The lowest BCUT2D eigenvalue weighted by Gasteiger charge is -2.31. The Morgan fingerprint density at radius 3 is 3.00 bits per heavy atom. The van der Waals surface area contributed by atoms with Crippen LogP contribution >= 0.6 is 0 Å². The zero-order valence-corrected chi connectivity index (χ0v) is 9.98. The number of likely N-dealkylation sites (tertiary alicyclic amines) is 1. The molecule has 1 fully saturated rings. The first-order valence-electron chi connectivity index (χ1n) is 6.40. The van der Waals surface area contributed by atoms with Crippen LogP contribution in [-0.4, -0.2) is 29.9 Å². The van der Waals surface area contributed by atoms with E-state index in [1.54, 1.807) is 0 Å². The molecule has 1 saturated heterocycles. The van der Waals surface area contributed by atoms with Gasteiger partial charge < -0.3 is 9.64 Å². The highest BCUT2D eigenvalue weighted by Gasteiger charge is 2.26. The molecule has 2 heterocycles. The van der Waals surface area contributed by atoms with E-state index < -0.39 is 0 Å². The highest BCUT2D eigenvalue weighted by Crippen LogP contribution is 2.28. The Morgan fingerprint density at radius 2 is 2.18 bits per heavy atom. The summed E-state index contributed by atoms with van der Waals surface area (Å²) < 4.78 is 5.92. The number of amidine groups is 1. The first kappa shape index (κ1) is 10.6. The van der Waals surface area contributed by atoms with Crippen LogP contribution in [0.5, 0.6) is 5.75 Å². The van der Waals surface area contributed by atoms with Crippen LogP contribution < -0.4 is 4.74 Å². The minimum Gasteiger partial charge on any atom is -0.488 e. The van der Waals surface area contributed by atoms with Crippen molar-refractivity contribution in [2.45, 2.75) is 31.8 Å². The molecule has 0 aromatic heterocycles. The van der Waals surface area contributed by atoms with Gasteiger partial charge in [-0.05, 0) is 24.5 Å². The summed E-state index contributed by atoms with van der Waals surface area (Å²) in [6.45, 7) is 1.89. The van der Waals surface area contributed by atoms with Gasteiger partial charge in [-0.2, -0.15) is 0 Å². The molecule has 0 spiro atoms. The SMILES string of the molecule is N=C1CCCCN1CC1Cc2ccccc2O1. The van der Waals surface area contributed by atoms with E-state index in [1.807, 2.05) is 12.1 Å². The molecule has 0 bridgehead atoms. The predicted octanol–water partition coefficient (Wildman–Crippen LogP) is 2.45. The number of ether oxygens (including phenoxy) is 1. The van der Waals surface area contributed by atoms with Gasteiger partial charge in [-0.25, -0.2) is 0 Å². The Kier molecular flexibility index (Phi) is 2.75. The summed E-state index contributed by atoms with van der Waals surface area (Å²) in [6.07, 6.45) is 4.52. The van der Waals surface area contributed by atoms with Crippen molar-refractivity contribution in [3.8, 4) is 5.75 Å². The monoisotopic (exact) mass is 230 g/mol. The lowest BCUT2D eigenvalue weighted by Crippen LogP contribution is -2.41. The van der Waals surface area contributed by atoms with E-state index in [1.165, 1.54) is 18.4 Å². The average molecular weight is 230 g/mol. The summed E-state index contributed by atoms with van der Waals surface area (Å²) >= 11 is 0. The third-order valence-electron chi connectivity index (χ3n) is 3.61. The van der Waals surface area contributed by atoms with E-state index in [9.17, 15) is 0 Å². The first-order chi connectivity index (χ1) is 8.33. The molecule has 0 amide bonds. The molecule has 3 heteroatoms. The molecule has 0 saturated carbocycles. The molecule has 3 rings (SSSR count). The molecule has 2 aliphatic heterocycles. The molecule has 1 aromatic rings. The van der Waals surface area contributed by atoms with Gasteiger partial charge in [0.1, 0.15) is 11.9 Å². The Hall–Kier alpha value is -1.51. The van der Waals surface area contributed by atoms with E-state index in [4.69, 9.17) is 10.1 Å². The van der Waals surface area contributed by atoms with Crippen LogP contribution in [0.2, 0.25) is 0 Å². The summed E-state index contributed by atoms with van der Waals surface area (Å²) in [7, 11) is 0. The van der Waals surface area contributed by atoms with Crippen molar-refractivity contribution >= 4 is 5.84 Å². The standard InChI is InChI=1S/C14H18N2O/c15-14-7-3-4-8-16(14)10-12-9-11-5-1-2-6-13(11)17-12/h1-2,5-6,12,15H,3-4,7-10H2. The number of para-hydroxylation sites is 1. The number of nitrogens with zero attached hydrogens (tertiary/aromatic N) is 1. The molecule has 1 atom stereocenters. The number of nitrogens with one attached hydrogen (secondary N) is 1. The molecule has 0 radical (unpaired) electrons. The van der Waals surface area contributed by atoms with Crippen molar-refractivity contribution in [3.05, 3.63) is 29.8 Å². The van der Waals surface area contributed by atoms with Gasteiger partial charge in [0.2, 0.25) is 0 Å². The Balaban J connectivity index is 1.63. The molecule has 0 aliphatic carbocycles. The Labute approximate surface area is 102 Å². The molecule has 2 aliphatic rings. The zero-order valence-electron chi connectivity index (χ0n) is 9.98. The van der Waals surface area contributed by atoms with Crippen LogP contribution in [0.15, 0.2) is 24.3 Å². The summed E-state index contributed by atoms with van der Waals surface area (Å²) in [6, 6.07) is 8.26. The Bertz CT molecular complexity index is 405. The van der Waals surface area contributed by atoms with E-state index >= 15 is 0 Å². The highest BCUT2D eigenvalue weighted by molar-refractivity contribution is 5.79. The summed E-state index contributed by atoms with van der Waals surface area (Å²) in [5, 5.41) is 7.94. The van der Waals surface area contributed by atoms with Gasteiger partial charge in [0.15, 0.2) is 0 Å². The van der Waals surface area contributed by atoms with Crippen LogP contribution in [0.4, 0.5) is 0 Å². The predicted molar refractivity (Wildman–Crippen MR) is 67.7 cm³/mol. The highest BCUT2D eigenvalue weighted by atomic mass is 16.5. The molecular formula is C14H18N2O. The fraction of sp³-hybridized carbons (Fsp3) is 0.500. The van der Waals surface area contributed by atoms with Crippen LogP contribution in [-0.2, 0) is 6.42 Å². The molecule has 3 nitrogen and oxygen atoms in total. The maximum Gasteiger partial charge on any atom is 0.123 e. The average Bonchev–Trinajstić information content (AvgIpc) is 2.74. The number of hydrogen-bond acceptors (Lipinski definition) is 2. The van der Waals surface area contributed by atoms with Crippen molar-refractivity contribution in [2.75, 3.05) is 13.1 Å². The molecule has 90 valence electrons. The van der Waals surface area contributed by atoms with Crippen molar-refractivity contribution in [1.82, 2.24) is 4.90 Å². The number of fused-ring (bicyclic) bond motifs is 1.